The normalized spacial score (nSPS) is 23.3. The molecule has 0 heterocycles. The van der Waals surface area contributed by atoms with E-state index in [0.717, 1.165) is 44.9 Å². The molecule has 2 aromatic rings. The molecule has 0 saturated heterocycles. The van der Waals surface area contributed by atoms with Gasteiger partial charge in [0, 0.05) is 12.0 Å². The largest absolute Gasteiger partial charge is 0.449 e. The number of benzene rings is 2. The van der Waals surface area contributed by atoms with Gasteiger partial charge in [0.05, 0.1) is 5.60 Å². The lowest BCUT2D eigenvalue weighted by atomic mass is 9.79. The van der Waals surface area contributed by atoms with Gasteiger partial charge in [-0.2, -0.15) is 0 Å². The van der Waals surface area contributed by atoms with Gasteiger partial charge in [0.25, 0.3) is 0 Å². The van der Waals surface area contributed by atoms with Crippen molar-refractivity contribution in [1.29, 1.82) is 0 Å². The first-order valence-corrected chi connectivity index (χ1v) is 10.9. The number of unbranched alkanes of at least 4 members (excludes halogenated alkanes) is 1. The predicted octanol–water partition coefficient (Wildman–Crippen LogP) is 5.39. The highest BCUT2D eigenvalue weighted by molar-refractivity contribution is 5.79. The van der Waals surface area contributed by atoms with E-state index in [2.05, 4.69) is 48.6 Å². The lowest BCUT2D eigenvalue weighted by Crippen LogP contribution is -2.43. The average molecular weight is 394 g/mol. The summed E-state index contributed by atoms with van der Waals surface area (Å²) < 4.78 is 5.65. The molecular formula is C25H31NO3. The predicted molar refractivity (Wildman–Crippen MR) is 115 cm³/mol. The second-order valence-electron chi connectivity index (χ2n) is 8.57. The summed E-state index contributed by atoms with van der Waals surface area (Å²) in [4.78, 5) is 12.4. The smallest absolute Gasteiger partial charge is 0.407 e. The van der Waals surface area contributed by atoms with Crippen LogP contribution in [0.2, 0.25) is 0 Å². The summed E-state index contributed by atoms with van der Waals surface area (Å²) in [5, 5.41) is 13.7. The quantitative estimate of drug-likeness (QED) is 0.692. The van der Waals surface area contributed by atoms with Crippen LogP contribution in [0.3, 0.4) is 0 Å². The van der Waals surface area contributed by atoms with Crippen molar-refractivity contribution in [3.05, 3.63) is 59.7 Å². The number of hydrogen-bond donors (Lipinski definition) is 2. The van der Waals surface area contributed by atoms with Gasteiger partial charge in [-0.15, -0.1) is 0 Å². The van der Waals surface area contributed by atoms with E-state index in [1.807, 2.05) is 12.1 Å². The number of fused-ring (bicyclic) bond motifs is 3. The third-order valence-corrected chi connectivity index (χ3v) is 6.58. The van der Waals surface area contributed by atoms with E-state index in [9.17, 15) is 9.90 Å². The van der Waals surface area contributed by atoms with E-state index in [-0.39, 0.29) is 18.1 Å². The third kappa shape index (κ3) is 4.32. The average Bonchev–Trinajstić information content (AvgIpc) is 3.07. The highest BCUT2D eigenvalue weighted by Gasteiger charge is 2.34. The molecule has 2 aromatic carbocycles. The van der Waals surface area contributed by atoms with E-state index in [1.54, 1.807) is 0 Å². The fourth-order valence-corrected chi connectivity index (χ4v) is 4.86. The van der Waals surface area contributed by atoms with E-state index in [1.165, 1.54) is 22.3 Å². The molecule has 4 heteroatoms. The van der Waals surface area contributed by atoms with Crippen LogP contribution in [0, 0.1) is 0 Å². The number of rotatable bonds is 6. The minimum Gasteiger partial charge on any atom is -0.449 e. The topological polar surface area (TPSA) is 58.6 Å². The zero-order valence-corrected chi connectivity index (χ0v) is 17.2. The summed E-state index contributed by atoms with van der Waals surface area (Å²) in [6.45, 7) is 2.49. The van der Waals surface area contributed by atoms with Crippen molar-refractivity contribution in [3.63, 3.8) is 0 Å². The second kappa shape index (κ2) is 8.58. The number of alkyl carbamates (subject to hydrolysis) is 1. The molecule has 1 amide bonds. The Kier molecular flexibility index (Phi) is 5.91. The van der Waals surface area contributed by atoms with E-state index in [4.69, 9.17) is 4.74 Å². The zero-order chi connectivity index (χ0) is 20.3. The van der Waals surface area contributed by atoms with Crippen LogP contribution in [0.4, 0.5) is 4.79 Å². The Labute approximate surface area is 173 Å². The standard InChI is InChI=1S/C25H31NO3/c1-2-3-14-25(28)15-12-18(13-16-25)26-24(27)29-17-23-21-10-6-4-8-19(21)20-9-5-7-11-22(20)23/h4-11,18,23,28H,2-3,12-17H2,1H3,(H,26,27). The molecule has 1 saturated carbocycles. The molecule has 0 unspecified atom stereocenters. The maximum absolute atomic E-state index is 12.4. The first-order valence-electron chi connectivity index (χ1n) is 10.9. The van der Waals surface area contributed by atoms with Crippen molar-refractivity contribution >= 4 is 6.09 Å². The number of ether oxygens (including phenoxy) is 1. The van der Waals surface area contributed by atoms with Crippen molar-refractivity contribution in [3.8, 4) is 11.1 Å². The molecule has 154 valence electrons. The second-order valence-corrected chi connectivity index (χ2v) is 8.57. The van der Waals surface area contributed by atoms with Crippen LogP contribution in [-0.2, 0) is 4.74 Å². The number of amides is 1. The minimum atomic E-state index is -0.546. The molecule has 29 heavy (non-hydrogen) atoms. The Bertz CT molecular complexity index is 809. The highest BCUT2D eigenvalue weighted by atomic mass is 16.5. The molecule has 0 aromatic heterocycles. The minimum absolute atomic E-state index is 0.0821. The van der Waals surface area contributed by atoms with Gasteiger partial charge in [0.2, 0.25) is 0 Å². The molecule has 2 aliphatic carbocycles. The Morgan fingerprint density at radius 2 is 1.66 bits per heavy atom. The van der Waals surface area contributed by atoms with Gasteiger partial charge >= 0.3 is 6.09 Å². The molecule has 1 fully saturated rings. The molecule has 0 radical (unpaired) electrons. The molecule has 4 nitrogen and oxygen atoms in total. The molecule has 0 spiro atoms. The maximum Gasteiger partial charge on any atom is 0.407 e. The lowest BCUT2D eigenvalue weighted by molar-refractivity contribution is -0.0128. The Balaban J connectivity index is 1.32. The molecule has 2 aliphatic rings. The molecule has 2 N–H and O–H groups in total. The molecular weight excluding hydrogens is 362 g/mol. The summed E-state index contributed by atoms with van der Waals surface area (Å²) >= 11 is 0. The summed E-state index contributed by atoms with van der Waals surface area (Å²) in [5.41, 5.74) is 4.36. The number of carbonyl (C=O) groups is 1. The van der Waals surface area contributed by atoms with E-state index in [0.29, 0.717) is 6.61 Å². The van der Waals surface area contributed by atoms with Gasteiger partial charge in [-0.1, -0.05) is 68.3 Å². The zero-order valence-electron chi connectivity index (χ0n) is 17.2. The lowest BCUT2D eigenvalue weighted by Gasteiger charge is -2.36. The van der Waals surface area contributed by atoms with Gasteiger partial charge < -0.3 is 15.2 Å². The third-order valence-electron chi connectivity index (χ3n) is 6.58. The van der Waals surface area contributed by atoms with Crippen LogP contribution in [-0.4, -0.2) is 29.4 Å². The fraction of sp³-hybridized carbons (Fsp3) is 0.480. The fourth-order valence-electron chi connectivity index (χ4n) is 4.86. The Morgan fingerprint density at radius 1 is 1.07 bits per heavy atom. The van der Waals surface area contributed by atoms with Crippen LogP contribution >= 0.6 is 0 Å². The van der Waals surface area contributed by atoms with Crippen LogP contribution in [0.5, 0.6) is 0 Å². The van der Waals surface area contributed by atoms with Crippen molar-refractivity contribution in [2.45, 2.75) is 69.4 Å². The van der Waals surface area contributed by atoms with Crippen LogP contribution in [0.25, 0.3) is 11.1 Å². The molecule has 0 atom stereocenters. The van der Waals surface area contributed by atoms with Gasteiger partial charge in [0.1, 0.15) is 6.61 Å². The van der Waals surface area contributed by atoms with Gasteiger partial charge in [-0.25, -0.2) is 4.79 Å². The van der Waals surface area contributed by atoms with Crippen LogP contribution in [0.1, 0.15) is 68.9 Å². The van der Waals surface area contributed by atoms with Crippen LogP contribution in [0.15, 0.2) is 48.5 Å². The monoisotopic (exact) mass is 393 g/mol. The maximum atomic E-state index is 12.4. The number of carbonyl (C=O) groups excluding carboxylic acids is 1. The number of hydrogen-bond acceptors (Lipinski definition) is 3. The van der Waals surface area contributed by atoms with Crippen molar-refractivity contribution in [2.24, 2.45) is 0 Å². The number of nitrogens with one attached hydrogen (secondary N) is 1. The van der Waals surface area contributed by atoms with Gasteiger partial charge in [-0.05, 0) is 54.4 Å². The van der Waals surface area contributed by atoms with Crippen molar-refractivity contribution in [1.82, 2.24) is 5.32 Å². The number of aliphatic hydroxyl groups is 1. The summed E-state index contributed by atoms with van der Waals surface area (Å²) in [6, 6.07) is 16.8. The van der Waals surface area contributed by atoms with Crippen LogP contribution < -0.4 is 5.32 Å². The SMILES string of the molecule is CCCCC1(O)CCC(NC(=O)OCC2c3ccccc3-c3ccccc32)CC1. The Hall–Kier alpha value is -2.33. The van der Waals surface area contributed by atoms with E-state index < -0.39 is 5.60 Å². The highest BCUT2D eigenvalue weighted by Crippen LogP contribution is 2.44. The summed E-state index contributed by atoms with van der Waals surface area (Å²) in [7, 11) is 0. The molecule has 4 rings (SSSR count). The summed E-state index contributed by atoms with van der Waals surface area (Å²) in [5.74, 6) is 0.0821. The van der Waals surface area contributed by atoms with Crippen molar-refractivity contribution in [2.75, 3.05) is 6.61 Å². The first-order chi connectivity index (χ1) is 14.1. The van der Waals surface area contributed by atoms with Gasteiger partial charge in [0.15, 0.2) is 0 Å². The van der Waals surface area contributed by atoms with Crippen molar-refractivity contribution < 1.29 is 14.6 Å². The van der Waals surface area contributed by atoms with Gasteiger partial charge in [-0.3, -0.25) is 0 Å². The Morgan fingerprint density at radius 3 is 2.24 bits per heavy atom. The molecule has 0 bridgehead atoms. The molecule has 0 aliphatic heterocycles. The van der Waals surface area contributed by atoms with E-state index >= 15 is 0 Å². The summed E-state index contributed by atoms with van der Waals surface area (Å²) in [6.07, 6.45) is 5.79. The first kappa shape index (κ1) is 20.0.